The zero-order valence-electron chi connectivity index (χ0n) is 27.4. The highest BCUT2D eigenvalue weighted by Gasteiger charge is 2.56. The molecule has 1 aromatic rings. The van der Waals surface area contributed by atoms with Crippen molar-refractivity contribution in [2.75, 3.05) is 51.4 Å². The minimum Gasteiger partial charge on any atom is -0.483 e. The number of anilines is 1. The van der Waals surface area contributed by atoms with Gasteiger partial charge in [0.1, 0.15) is 5.69 Å². The quantitative estimate of drug-likeness (QED) is 0.275. The van der Waals surface area contributed by atoms with E-state index < -0.39 is 41.7 Å². The van der Waals surface area contributed by atoms with Crippen molar-refractivity contribution in [3.05, 3.63) is 18.0 Å². The van der Waals surface area contributed by atoms with Crippen molar-refractivity contribution in [2.24, 2.45) is 17.3 Å². The third kappa shape index (κ3) is 13.3. The van der Waals surface area contributed by atoms with Gasteiger partial charge in [-0.15, -0.1) is 0 Å². The van der Waals surface area contributed by atoms with Crippen LogP contribution in [0.5, 0.6) is 0 Å². The topological polar surface area (TPSA) is 163 Å². The number of aliphatic hydroxyl groups is 1. The van der Waals surface area contributed by atoms with Gasteiger partial charge in [0.05, 0.1) is 23.7 Å². The summed E-state index contributed by atoms with van der Waals surface area (Å²) in [6.07, 6.45) is -4.51. The summed E-state index contributed by atoms with van der Waals surface area (Å²) in [5.74, 6) is -2.14. The summed E-state index contributed by atoms with van der Waals surface area (Å²) in [4.78, 5) is 42.2. The minimum atomic E-state index is -5.08. The summed E-state index contributed by atoms with van der Waals surface area (Å²) in [6.45, 7) is 2.15. The molecule has 2 saturated heterocycles. The lowest BCUT2D eigenvalue weighted by Gasteiger charge is -2.45. The molecule has 4 atom stereocenters. The summed E-state index contributed by atoms with van der Waals surface area (Å²) in [6, 6.07) is 0.849. The van der Waals surface area contributed by atoms with Gasteiger partial charge >= 0.3 is 25.0 Å². The van der Waals surface area contributed by atoms with Crippen molar-refractivity contribution in [3.8, 4) is 0 Å². The predicted octanol–water partition coefficient (Wildman–Crippen LogP) is 4.66. The zero-order chi connectivity index (χ0) is 38.5. The average Bonchev–Trinajstić information content (AvgIpc) is 3.46. The van der Waals surface area contributed by atoms with E-state index in [1.165, 1.54) is 0 Å². The normalized spacial score (nSPS) is 24.2. The molecule has 0 spiro atoms. The van der Waals surface area contributed by atoms with Gasteiger partial charge in [-0.3, -0.25) is 9.59 Å². The minimum absolute atomic E-state index is 0.0132. The highest BCUT2D eigenvalue weighted by molar-refractivity contribution is 5.84. The van der Waals surface area contributed by atoms with Gasteiger partial charge in [0.25, 0.3) is 6.47 Å². The number of hydrogen-bond donors (Lipinski definition) is 3. The molecule has 1 amide bonds. The SMILES string of the molecule is COC1COCCC1C[C@@H]1CC[C@@](C(=O)N2CCN(c3nccc(C(F)(F)F)n3)CC2)(C(C)(C)O)C1.FC(F)F.O=C(O)C(F)(F)F.O=CO. The molecule has 2 unspecified atom stereocenters. The van der Waals surface area contributed by atoms with Gasteiger partial charge in [-0.1, -0.05) is 0 Å². The number of carboxylic acid groups (broad SMARTS) is 2. The molecule has 3 fully saturated rings. The average molecular weight is 745 g/mol. The monoisotopic (exact) mass is 744 g/mol. The van der Waals surface area contributed by atoms with E-state index in [0.717, 1.165) is 31.5 Å². The van der Waals surface area contributed by atoms with Gasteiger partial charge < -0.3 is 34.6 Å². The number of nitrogens with zero attached hydrogens (tertiary/aromatic N) is 4. The van der Waals surface area contributed by atoms with Crippen LogP contribution in [0, 0.1) is 17.3 Å². The number of hydrogen-bond acceptors (Lipinski definition) is 9. The number of carbonyl (C=O) groups excluding carboxylic acids is 1. The van der Waals surface area contributed by atoms with Gasteiger partial charge in [-0.2, -0.15) is 39.5 Å². The Morgan fingerprint density at radius 1 is 1.10 bits per heavy atom. The Labute approximate surface area is 281 Å². The first-order chi connectivity index (χ1) is 23.0. The maximum atomic E-state index is 13.9. The Hall–Kier alpha value is -3.46. The molecule has 4 rings (SSSR count). The number of aromatic nitrogens is 2. The largest absolute Gasteiger partial charge is 0.490 e. The van der Waals surface area contributed by atoms with E-state index in [2.05, 4.69) is 9.97 Å². The number of ether oxygens (including phenoxy) is 2. The fraction of sp³-hybridized carbons (Fsp3) is 0.759. The van der Waals surface area contributed by atoms with Crippen molar-refractivity contribution in [3.63, 3.8) is 0 Å². The number of piperazine rings is 1. The maximum absolute atomic E-state index is 13.9. The molecule has 2 aliphatic heterocycles. The van der Waals surface area contributed by atoms with Crippen molar-refractivity contribution in [1.29, 1.82) is 0 Å². The Morgan fingerprint density at radius 2 is 1.64 bits per heavy atom. The second-order valence-electron chi connectivity index (χ2n) is 12.1. The molecule has 0 bridgehead atoms. The van der Waals surface area contributed by atoms with E-state index in [-0.39, 0.29) is 24.4 Å². The van der Waals surface area contributed by atoms with Crippen LogP contribution in [-0.4, -0.2) is 120 Å². The highest BCUT2D eigenvalue weighted by Crippen LogP contribution is 2.52. The van der Waals surface area contributed by atoms with Crippen LogP contribution in [0.25, 0.3) is 0 Å². The molecule has 288 valence electrons. The Bertz CT molecular complexity index is 1210. The number of alkyl halides is 9. The summed E-state index contributed by atoms with van der Waals surface area (Å²) >= 11 is 0. The van der Waals surface area contributed by atoms with E-state index in [9.17, 15) is 49.4 Å². The van der Waals surface area contributed by atoms with Crippen LogP contribution in [-0.2, 0) is 30.0 Å². The van der Waals surface area contributed by atoms with Crippen molar-refractivity contribution in [2.45, 2.75) is 76.7 Å². The fourth-order valence-electron chi connectivity index (χ4n) is 6.15. The van der Waals surface area contributed by atoms with Crippen LogP contribution in [0.2, 0.25) is 0 Å². The van der Waals surface area contributed by atoms with Gasteiger partial charge in [0.2, 0.25) is 11.9 Å². The van der Waals surface area contributed by atoms with E-state index in [0.29, 0.717) is 64.1 Å². The first-order valence-corrected chi connectivity index (χ1v) is 15.1. The molecule has 3 heterocycles. The van der Waals surface area contributed by atoms with Crippen LogP contribution < -0.4 is 4.90 Å². The second kappa shape index (κ2) is 19.2. The molecule has 0 aromatic carbocycles. The molecule has 3 aliphatic rings. The fourth-order valence-corrected chi connectivity index (χ4v) is 6.15. The standard InChI is InChI=1S/C25H37F3N4O4.C2HF3O2.CHF3.CH2O2/c1-23(2,34)24(7-4-17(15-24)14-18-6-13-36-16-19(18)35-3)21(33)31-9-11-32(12-10-31)22-29-8-5-20(30-22)25(26,27)28;3-2(4,5)1(6)7;2-1(3)4;2-1-3/h5,8,17-19,34H,4,6-7,9-16H2,1-3H3;(H,6,7);1H;1H,(H,2,3)/t17-,18?,19?,24+;;;/m0.../s1. The molecule has 1 saturated carbocycles. The van der Waals surface area contributed by atoms with Crippen LogP contribution in [0.4, 0.5) is 45.5 Å². The number of halogens is 9. The van der Waals surface area contributed by atoms with Gasteiger partial charge in [0.15, 0.2) is 0 Å². The Kier molecular flexibility index (Phi) is 17.1. The first kappa shape index (κ1) is 44.6. The summed E-state index contributed by atoms with van der Waals surface area (Å²) in [5.41, 5.74) is -3.07. The van der Waals surface area contributed by atoms with Crippen LogP contribution >= 0.6 is 0 Å². The number of carboxylic acids is 1. The van der Waals surface area contributed by atoms with Crippen molar-refractivity contribution < 1.29 is 78.7 Å². The molecule has 1 aromatic heterocycles. The van der Waals surface area contributed by atoms with Crippen LogP contribution in [0.15, 0.2) is 12.3 Å². The number of aliphatic carboxylic acids is 1. The lowest BCUT2D eigenvalue weighted by atomic mass is 9.70. The van der Waals surface area contributed by atoms with Crippen LogP contribution in [0.3, 0.4) is 0 Å². The van der Waals surface area contributed by atoms with Crippen LogP contribution in [0.1, 0.15) is 51.6 Å². The van der Waals surface area contributed by atoms with Crippen molar-refractivity contribution >= 4 is 24.3 Å². The predicted molar refractivity (Wildman–Crippen MR) is 156 cm³/mol. The van der Waals surface area contributed by atoms with Gasteiger partial charge in [0, 0.05) is 46.1 Å². The summed E-state index contributed by atoms with van der Waals surface area (Å²) in [7, 11) is 1.70. The lowest BCUT2D eigenvalue weighted by molar-refractivity contribution is -0.192. The molecule has 0 radical (unpaired) electrons. The zero-order valence-corrected chi connectivity index (χ0v) is 27.4. The smallest absolute Gasteiger partial charge is 0.483 e. The molecular formula is C29H41F9N4O8. The Morgan fingerprint density at radius 3 is 2.10 bits per heavy atom. The van der Waals surface area contributed by atoms with E-state index in [4.69, 9.17) is 29.3 Å². The molecule has 12 nitrogen and oxygen atoms in total. The van der Waals surface area contributed by atoms with E-state index in [1.54, 1.807) is 30.8 Å². The number of rotatable bonds is 6. The first-order valence-electron chi connectivity index (χ1n) is 15.1. The molecule has 1 aliphatic carbocycles. The maximum Gasteiger partial charge on any atom is 0.490 e. The van der Waals surface area contributed by atoms with Gasteiger partial charge in [-0.25, -0.2) is 14.8 Å². The second-order valence-corrected chi connectivity index (χ2v) is 12.1. The molecule has 3 N–H and O–H groups in total. The molecule has 21 heteroatoms. The van der Waals surface area contributed by atoms with Gasteiger partial charge in [-0.05, 0) is 63.9 Å². The number of amides is 1. The summed E-state index contributed by atoms with van der Waals surface area (Å²) < 4.78 is 111. The molecule has 50 heavy (non-hydrogen) atoms. The lowest BCUT2D eigenvalue weighted by Crippen LogP contribution is -2.58. The van der Waals surface area contributed by atoms with E-state index >= 15 is 0 Å². The summed E-state index contributed by atoms with van der Waals surface area (Å²) in [5, 5.41) is 25.2. The number of carbonyl (C=O) groups is 3. The highest BCUT2D eigenvalue weighted by atomic mass is 19.4. The molecular weight excluding hydrogens is 703 g/mol. The Balaban J connectivity index is 0.000000758. The third-order valence-electron chi connectivity index (χ3n) is 8.60. The van der Waals surface area contributed by atoms with E-state index in [1.807, 2.05) is 0 Å². The van der Waals surface area contributed by atoms with Crippen molar-refractivity contribution in [1.82, 2.24) is 14.9 Å². The number of methoxy groups -OCH3 is 1. The third-order valence-corrected chi connectivity index (χ3v) is 8.60.